The monoisotopic (exact) mass is 264 g/mol. The van der Waals surface area contributed by atoms with E-state index in [2.05, 4.69) is 5.32 Å². The van der Waals surface area contributed by atoms with E-state index in [4.69, 9.17) is 10.2 Å². The molecule has 1 rings (SSSR count). The fraction of sp³-hybridized carbons (Fsp3) is 0.333. The molecule has 2 amide bonds. The molecule has 0 spiro atoms. The van der Waals surface area contributed by atoms with E-state index in [1.807, 2.05) is 0 Å². The van der Waals surface area contributed by atoms with Crippen molar-refractivity contribution < 1.29 is 22.8 Å². The molecule has 1 heterocycles. The maximum absolute atomic E-state index is 11.9. The van der Waals surface area contributed by atoms with Crippen LogP contribution in [0, 0.1) is 0 Å². The van der Waals surface area contributed by atoms with Gasteiger partial charge in [0.25, 0.3) is 11.7 Å². The number of rotatable bonds is 6. The van der Waals surface area contributed by atoms with Gasteiger partial charge in [-0.2, -0.15) is 8.78 Å². The highest BCUT2D eigenvalue weighted by Gasteiger charge is 2.12. The fourth-order valence-electron chi connectivity index (χ4n) is 0.977. The number of hydrogen-bond donors (Lipinski definition) is 2. The van der Waals surface area contributed by atoms with Gasteiger partial charge in [-0.15, -0.1) is 0 Å². The number of nitrogens with one attached hydrogen (secondary N) is 1. The van der Waals surface area contributed by atoms with Gasteiger partial charge in [-0.1, -0.05) is 11.8 Å². The van der Waals surface area contributed by atoms with Crippen molar-refractivity contribution in [1.29, 1.82) is 0 Å². The van der Waals surface area contributed by atoms with Crippen LogP contribution < -0.4 is 11.1 Å². The Balaban J connectivity index is 2.49. The van der Waals surface area contributed by atoms with Gasteiger partial charge in [-0.3, -0.25) is 9.59 Å². The molecule has 0 saturated carbocycles. The third-order valence-corrected chi connectivity index (χ3v) is 2.36. The van der Waals surface area contributed by atoms with Crippen LogP contribution in [0.4, 0.5) is 8.78 Å². The van der Waals surface area contributed by atoms with Gasteiger partial charge >= 0.3 is 0 Å². The quantitative estimate of drug-likeness (QED) is 0.801. The van der Waals surface area contributed by atoms with Gasteiger partial charge in [0.15, 0.2) is 5.76 Å². The number of carbonyl (C=O) groups excluding carboxylic acids is 2. The lowest BCUT2D eigenvalue weighted by Gasteiger charge is -1.99. The first-order chi connectivity index (χ1) is 7.99. The lowest BCUT2D eigenvalue weighted by atomic mass is 10.4. The van der Waals surface area contributed by atoms with E-state index in [-0.39, 0.29) is 23.8 Å². The van der Waals surface area contributed by atoms with Crippen LogP contribution in [0.1, 0.15) is 16.3 Å². The molecule has 1 aromatic rings. The maximum atomic E-state index is 11.9. The van der Waals surface area contributed by atoms with E-state index >= 15 is 0 Å². The molecule has 1 aromatic heterocycles. The molecule has 0 saturated heterocycles. The number of furan rings is 1. The lowest BCUT2D eigenvalue weighted by Crippen LogP contribution is -2.33. The van der Waals surface area contributed by atoms with Gasteiger partial charge < -0.3 is 15.5 Å². The van der Waals surface area contributed by atoms with Crippen LogP contribution in [0.15, 0.2) is 16.5 Å². The van der Waals surface area contributed by atoms with E-state index in [9.17, 15) is 18.4 Å². The molecule has 0 bridgehead atoms. The summed E-state index contributed by atoms with van der Waals surface area (Å²) in [7, 11) is 0. The Morgan fingerprint density at radius 2 is 2.18 bits per heavy atom. The fourth-order valence-corrected chi connectivity index (χ4v) is 1.42. The number of primary amides is 1. The normalized spacial score (nSPS) is 10.5. The summed E-state index contributed by atoms with van der Waals surface area (Å²) in [6.07, 6.45) is 0. The van der Waals surface area contributed by atoms with Crippen molar-refractivity contribution in [3.63, 3.8) is 0 Å². The summed E-state index contributed by atoms with van der Waals surface area (Å²) in [5, 5.41) is 2.21. The van der Waals surface area contributed by atoms with E-state index in [1.54, 1.807) is 0 Å². The van der Waals surface area contributed by atoms with Gasteiger partial charge in [0.1, 0.15) is 5.76 Å². The molecule has 0 fully saturated rings. The van der Waals surface area contributed by atoms with E-state index < -0.39 is 17.6 Å². The number of thioether (sulfide) groups is 1. The number of carbonyl (C=O) groups is 2. The summed E-state index contributed by atoms with van der Waals surface area (Å²) in [6, 6.07) is 2.77. The molecule has 0 aliphatic rings. The summed E-state index contributed by atoms with van der Waals surface area (Å²) in [6.45, 7) is -0.305. The Bertz CT molecular complexity index is 409. The SMILES string of the molecule is NC(=O)CNC(=O)c1ccc(CSC(F)F)o1. The zero-order chi connectivity index (χ0) is 12.8. The maximum Gasteiger partial charge on any atom is 0.287 e. The average Bonchev–Trinajstić information content (AvgIpc) is 2.71. The Labute approximate surface area is 99.7 Å². The Hall–Kier alpha value is -1.57. The minimum absolute atomic E-state index is 0.0270. The van der Waals surface area contributed by atoms with Crippen molar-refractivity contribution in [2.45, 2.75) is 11.5 Å². The van der Waals surface area contributed by atoms with Crippen LogP contribution in [-0.2, 0) is 10.5 Å². The molecule has 0 atom stereocenters. The minimum Gasteiger partial charge on any atom is -0.455 e. The van der Waals surface area contributed by atoms with Crippen LogP contribution in [0.2, 0.25) is 0 Å². The van der Waals surface area contributed by atoms with Gasteiger partial charge in [0, 0.05) is 0 Å². The highest BCUT2D eigenvalue weighted by atomic mass is 32.2. The third-order valence-electron chi connectivity index (χ3n) is 1.66. The summed E-state index contributed by atoms with van der Waals surface area (Å²) < 4.78 is 28.8. The highest BCUT2D eigenvalue weighted by Crippen LogP contribution is 2.21. The number of hydrogen-bond acceptors (Lipinski definition) is 4. The molecule has 3 N–H and O–H groups in total. The second-order valence-electron chi connectivity index (χ2n) is 2.99. The van der Waals surface area contributed by atoms with Crippen LogP contribution in [0.3, 0.4) is 0 Å². The number of halogens is 2. The number of nitrogens with two attached hydrogens (primary N) is 1. The van der Waals surface area contributed by atoms with E-state index in [0.717, 1.165) is 0 Å². The van der Waals surface area contributed by atoms with Gasteiger partial charge in [0.05, 0.1) is 12.3 Å². The second kappa shape index (κ2) is 6.24. The largest absolute Gasteiger partial charge is 0.455 e. The predicted molar refractivity (Wildman–Crippen MR) is 57.5 cm³/mol. The second-order valence-corrected chi connectivity index (χ2v) is 3.96. The van der Waals surface area contributed by atoms with Crippen molar-refractivity contribution >= 4 is 23.6 Å². The van der Waals surface area contributed by atoms with Crippen molar-refractivity contribution in [1.82, 2.24) is 5.32 Å². The molecule has 17 heavy (non-hydrogen) atoms. The van der Waals surface area contributed by atoms with Crippen molar-refractivity contribution in [2.75, 3.05) is 6.54 Å². The zero-order valence-corrected chi connectivity index (χ0v) is 9.43. The zero-order valence-electron chi connectivity index (χ0n) is 8.61. The number of alkyl halides is 2. The molecule has 0 aromatic carbocycles. The van der Waals surface area contributed by atoms with Gasteiger partial charge in [0.2, 0.25) is 5.91 Å². The topological polar surface area (TPSA) is 85.3 Å². The van der Waals surface area contributed by atoms with Crippen molar-refractivity contribution in [3.8, 4) is 0 Å². The molecular formula is C9H10F2N2O3S. The van der Waals surface area contributed by atoms with Crippen LogP contribution in [0.5, 0.6) is 0 Å². The predicted octanol–water partition coefficient (Wildman–Crippen LogP) is 0.951. The first kappa shape index (κ1) is 13.5. The Morgan fingerprint density at radius 3 is 2.76 bits per heavy atom. The molecule has 0 aliphatic carbocycles. The number of amides is 2. The van der Waals surface area contributed by atoms with Crippen molar-refractivity contribution in [3.05, 3.63) is 23.7 Å². The third kappa shape index (κ3) is 4.85. The average molecular weight is 264 g/mol. The first-order valence-corrected chi connectivity index (χ1v) is 5.59. The minimum atomic E-state index is -2.49. The van der Waals surface area contributed by atoms with Gasteiger partial charge in [-0.25, -0.2) is 0 Å². The highest BCUT2D eigenvalue weighted by molar-refractivity contribution is 7.98. The molecule has 0 unspecified atom stereocenters. The van der Waals surface area contributed by atoms with Gasteiger partial charge in [-0.05, 0) is 12.1 Å². The molecule has 5 nitrogen and oxygen atoms in total. The Morgan fingerprint density at radius 1 is 1.47 bits per heavy atom. The molecule has 0 radical (unpaired) electrons. The molecule has 94 valence electrons. The lowest BCUT2D eigenvalue weighted by molar-refractivity contribution is -0.117. The smallest absolute Gasteiger partial charge is 0.287 e. The Kier molecular flexibility index (Phi) is 4.95. The summed E-state index contributed by atoms with van der Waals surface area (Å²) in [4.78, 5) is 21.7. The summed E-state index contributed by atoms with van der Waals surface area (Å²) >= 11 is 0.395. The molecule has 0 aliphatic heterocycles. The van der Waals surface area contributed by atoms with Crippen LogP contribution >= 0.6 is 11.8 Å². The summed E-state index contributed by atoms with van der Waals surface area (Å²) in [5.74, 6) is -3.60. The van der Waals surface area contributed by atoms with E-state index in [1.165, 1.54) is 12.1 Å². The van der Waals surface area contributed by atoms with Crippen LogP contribution in [-0.4, -0.2) is 24.1 Å². The van der Waals surface area contributed by atoms with E-state index in [0.29, 0.717) is 11.8 Å². The van der Waals surface area contributed by atoms with Crippen molar-refractivity contribution in [2.24, 2.45) is 5.73 Å². The molecule has 8 heteroatoms. The first-order valence-electron chi connectivity index (χ1n) is 4.54. The van der Waals surface area contributed by atoms with Crippen LogP contribution in [0.25, 0.3) is 0 Å². The molecular weight excluding hydrogens is 254 g/mol. The standard InChI is InChI=1S/C9H10F2N2O3S/c10-9(11)17-4-5-1-2-6(16-5)8(15)13-3-7(12)14/h1-2,9H,3-4H2,(H2,12,14)(H,13,15). The summed E-state index contributed by atoms with van der Waals surface area (Å²) in [5.41, 5.74) is 4.83.